The minimum atomic E-state index is -0.0349. The topological polar surface area (TPSA) is 80.4 Å². The Labute approximate surface area is 230 Å². The van der Waals surface area contributed by atoms with Crippen LogP contribution in [0.4, 0.5) is 4.79 Å². The molecule has 0 radical (unpaired) electrons. The highest BCUT2D eigenvalue weighted by molar-refractivity contribution is 6.39. The third-order valence-electron chi connectivity index (χ3n) is 7.24. The van der Waals surface area contributed by atoms with Crippen LogP contribution in [0.3, 0.4) is 0 Å². The van der Waals surface area contributed by atoms with Crippen LogP contribution < -0.4 is 5.32 Å². The number of benzene rings is 1. The molecule has 1 fully saturated rings. The second kappa shape index (κ2) is 9.93. The van der Waals surface area contributed by atoms with E-state index < -0.39 is 0 Å². The van der Waals surface area contributed by atoms with Crippen molar-refractivity contribution in [2.24, 2.45) is 0 Å². The van der Waals surface area contributed by atoms with Gasteiger partial charge in [0, 0.05) is 67.0 Å². The zero-order valence-corrected chi connectivity index (χ0v) is 22.6. The molecule has 10 heteroatoms. The van der Waals surface area contributed by atoms with Gasteiger partial charge in [0.2, 0.25) is 0 Å². The molecule has 0 atom stereocenters. The highest BCUT2D eigenvalue weighted by Gasteiger charge is 2.24. The molecule has 194 valence electrons. The number of rotatable bonds is 4. The van der Waals surface area contributed by atoms with E-state index in [1.807, 2.05) is 53.5 Å². The van der Waals surface area contributed by atoms with E-state index in [4.69, 9.17) is 33.2 Å². The predicted molar refractivity (Wildman–Crippen MR) is 151 cm³/mol. The molecule has 0 aliphatic heterocycles. The van der Waals surface area contributed by atoms with Crippen LogP contribution in [0.15, 0.2) is 61.3 Å². The molecule has 1 aromatic carbocycles. The average Bonchev–Trinajstić information content (AvgIpc) is 3.57. The Balaban J connectivity index is 1.27. The van der Waals surface area contributed by atoms with E-state index in [9.17, 15) is 4.79 Å². The zero-order valence-electron chi connectivity index (χ0n) is 21.1. The second-order valence-electron chi connectivity index (χ2n) is 9.98. The number of halogens is 2. The third kappa shape index (κ3) is 4.59. The van der Waals surface area contributed by atoms with Crippen LogP contribution in [0, 0.1) is 0 Å². The molecule has 5 aromatic rings. The standard InChI is InChI=1S/C28H27Cl2N7O/c1-35(2)28(38)33-19-6-8-20(9-7-19)37-15-18(14-32-37)17-12-21-24(31-13-17)10-11-36-16-25(34-27(21)36)26-22(29)4-3-5-23(26)30/h3-5,10-16,19-20H,6-9H2,1-2H3,(H,33,38). The number of carbonyl (C=O) groups is 1. The zero-order chi connectivity index (χ0) is 26.4. The summed E-state index contributed by atoms with van der Waals surface area (Å²) in [5.74, 6) is 0. The first kappa shape index (κ1) is 24.7. The lowest BCUT2D eigenvalue weighted by Gasteiger charge is -2.30. The number of carbonyl (C=O) groups excluding carboxylic acids is 1. The van der Waals surface area contributed by atoms with Gasteiger partial charge in [0.1, 0.15) is 5.65 Å². The van der Waals surface area contributed by atoms with E-state index in [-0.39, 0.29) is 12.1 Å². The van der Waals surface area contributed by atoms with Gasteiger partial charge in [0.05, 0.1) is 33.5 Å². The summed E-state index contributed by atoms with van der Waals surface area (Å²) in [4.78, 5) is 23.1. The molecule has 1 N–H and O–H groups in total. The van der Waals surface area contributed by atoms with E-state index in [1.54, 1.807) is 19.0 Å². The molecule has 1 aliphatic carbocycles. The van der Waals surface area contributed by atoms with Crippen molar-refractivity contribution in [3.05, 3.63) is 71.4 Å². The van der Waals surface area contributed by atoms with E-state index in [0.717, 1.165) is 53.4 Å². The Bertz CT molecular complexity index is 1630. The van der Waals surface area contributed by atoms with Crippen molar-refractivity contribution in [2.75, 3.05) is 14.1 Å². The summed E-state index contributed by atoms with van der Waals surface area (Å²) in [7, 11) is 3.53. The van der Waals surface area contributed by atoms with Crippen molar-refractivity contribution in [3.63, 3.8) is 0 Å². The maximum atomic E-state index is 12.0. The summed E-state index contributed by atoms with van der Waals surface area (Å²) in [6.07, 6.45) is 13.6. The minimum absolute atomic E-state index is 0.0349. The van der Waals surface area contributed by atoms with Gasteiger partial charge in [-0.15, -0.1) is 0 Å². The molecule has 38 heavy (non-hydrogen) atoms. The molecule has 4 heterocycles. The number of aromatic nitrogens is 5. The number of imidazole rings is 1. The van der Waals surface area contributed by atoms with E-state index in [0.29, 0.717) is 27.3 Å². The quantitative estimate of drug-likeness (QED) is 0.279. The van der Waals surface area contributed by atoms with Gasteiger partial charge in [-0.2, -0.15) is 5.10 Å². The van der Waals surface area contributed by atoms with Crippen LogP contribution in [-0.4, -0.2) is 55.2 Å². The van der Waals surface area contributed by atoms with Gasteiger partial charge in [0.15, 0.2) is 0 Å². The number of fused-ring (bicyclic) bond motifs is 3. The SMILES string of the molecule is CN(C)C(=O)NC1CCC(n2cc(-c3cnc4ccn5cc(-c6c(Cl)cccc6Cl)nc5c4c3)cn2)CC1. The van der Waals surface area contributed by atoms with E-state index in [2.05, 4.69) is 27.4 Å². The molecule has 4 aromatic heterocycles. The molecule has 0 saturated heterocycles. The number of amides is 2. The summed E-state index contributed by atoms with van der Waals surface area (Å²) in [6, 6.07) is 10.0. The van der Waals surface area contributed by atoms with Gasteiger partial charge >= 0.3 is 6.03 Å². The van der Waals surface area contributed by atoms with Crippen LogP contribution in [0.1, 0.15) is 31.7 Å². The van der Waals surface area contributed by atoms with Crippen LogP contribution >= 0.6 is 23.2 Å². The summed E-state index contributed by atoms with van der Waals surface area (Å²) in [5.41, 5.74) is 5.05. The fourth-order valence-electron chi connectivity index (χ4n) is 5.14. The highest BCUT2D eigenvalue weighted by Crippen LogP contribution is 2.35. The molecule has 0 unspecified atom stereocenters. The van der Waals surface area contributed by atoms with Crippen LogP contribution in [0.2, 0.25) is 10.0 Å². The number of nitrogens with zero attached hydrogens (tertiary/aromatic N) is 6. The molecular weight excluding hydrogens is 521 g/mol. The lowest BCUT2D eigenvalue weighted by Crippen LogP contribution is -2.43. The summed E-state index contributed by atoms with van der Waals surface area (Å²) in [6.45, 7) is 0. The van der Waals surface area contributed by atoms with Gasteiger partial charge in [-0.05, 0) is 49.9 Å². The van der Waals surface area contributed by atoms with Gasteiger partial charge in [-0.25, -0.2) is 9.78 Å². The number of nitrogens with one attached hydrogen (secondary N) is 1. The largest absolute Gasteiger partial charge is 0.335 e. The molecule has 0 bridgehead atoms. The van der Waals surface area contributed by atoms with Crippen molar-refractivity contribution in [1.82, 2.24) is 34.4 Å². The van der Waals surface area contributed by atoms with Gasteiger partial charge in [-0.1, -0.05) is 29.3 Å². The number of hydrogen-bond acceptors (Lipinski definition) is 4. The fourth-order valence-corrected chi connectivity index (χ4v) is 5.73. The Kier molecular flexibility index (Phi) is 6.45. The highest BCUT2D eigenvalue weighted by atomic mass is 35.5. The van der Waals surface area contributed by atoms with Crippen molar-refractivity contribution in [2.45, 2.75) is 37.8 Å². The van der Waals surface area contributed by atoms with Gasteiger partial charge in [0.25, 0.3) is 0 Å². The van der Waals surface area contributed by atoms with Crippen LogP contribution in [0.5, 0.6) is 0 Å². The smallest absolute Gasteiger partial charge is 0.317 e. The normalized spacial score (nSPS) is 17.7. The van der Waals surface area contributed by atoms with Crippen LogP contribution in [-0.2, 0) is 0 Å². The molecule has 1 aliphatic rings. The lowest BCUT2D eigenvalue weighted by atomic mass is 9.91. The lowest BCUT2D eigenvalue weighted by molar-refractivity contribution is 0.203. The Hall–Kier alpha value is -3.62. The maximum Gasteiger partial charge on any atom is 0.317 e. The van der Waals surface area contributed by atoms with Crippen molar-refractivity contribution in [1.29, 1.82) is 0 Å². The molecule has 0 spiro atoms. The van der Waals surface area contributed by atoms with Crippen molar-refractivity contribution < 1.29 is 4.79 Å². The monoisotopic (exact) mass is 547 g/mol. The second-order valence-corrected chi connectivity index (χ2v) is 10.8. The first-order valence-electron chi connectivity index (χ1n) is 12.6. The molecule has 1 saturated carbocycles. The van der Waals surface area contributed by atoms with Crippen molar-refractivity contribution in [3.8, 4) is 22.4 Å². The minimum Gasteiger partial charge on any atom is -0.335 e. The maximum absolute atomic E-state index is 12.0. The Morgan fingerprint density at radius 2 is 1.79 bits per heavy atom. The van der Waals surface area contributed by atoms with Crippen LogP contribution in [0.25, 0.3) is 38.9 Å². The van der Waals surface area contributed by atoms with E-state index >= 15 is 0 Å². The molecular formula is C28H27Cl2N7O. The first-order chi connectivity index (χ1) is 18.4. The predicted octanol–water partition coefficient (Wildman–Crippen LogP) is 6.47. The summed E-state index contributed by atoms with van der Waals surface area (Å²) >= 11 is 12.9. The fraction of sp³-hybridized carbons (Fsp3) is 0.286. The molecule has 2 amide bonds. The molecule has 6 rings (SSSR count). The summed E-state index contributed by atoms with van der Waals surface area (Å²) in [5, 5.41) is 9.83. The number of hydrogen-bond donors (Lipinski definition) is 1. The number of pyridine rings is 2. The number of urea groups is 1. The third-order valence-corrected chi connectivity index (χ3v) is 7.87. The molecule has 8 nitrogen and oxygen atoms in total. The van der Waals surface area contributed by atoms with E-state index in [1.165, 1.54) is 0 Å². The van der Waals surface area contributed by atoms with Gasteiger partial charge < -0.3 is 14.6 Å². The average molecular weight is 548 g/mol. The van der Waals surface area contributed by atoms with Crippen molar-refractivity contribution >= 4 is 45.8 Å². The van der Waals surface area contributed by atoms with Gasteiger partial charge in [-0.3, -0.25) is 9.67 Å². The first-order valence-corrected chi connectivity index (χ1v) is 13.4. The summed E-state index contributed by atoms with van der Waals surface area (Å²) < 4.78 is 4.02. The Morgan fingerprint density at radius 3 is 2.53 bits per heavy atom. The Morgan fingerprint density at radius 1 is 1.03 bits per heavy atom.